The molecule has 78 valence electrons. The molecule has 1 N–H and O–H groups in total. The van der Waals surface area contributed by atoms with Crippen LogP contribution in [-0.2, 0) is 0 Å². The third-order valence-corrected chi connectivity index (χ3v) is 2.92. The molecular weight excluding hydrogens is 230 g/mol. The van der Waals surface area contributed by atoms with Crippen molar-refractivity contribution in [2.24, 2.45) is 0 Å². The fourth-order valence-electron chi connectivity index (χ4n) is 1.26. The van der Waals surface area contributed by atoms with E-state index >= 15 is 0 Å². The summed E-state index contributed by atoms with van der Waals surface area (Å²) >= 11 is 7.17. The van der Waals surface area contributed by atoms with Gasteiger partial charge in [-0.2, -0.15) is 4.37 Å². The van der Waals surface area contributed by atoms with Crippen molar-refractivity contribution >= 4 is 28.3 Å². The van der Waals surface area contributed by atoms with Crippen molar-refractivity contribution in [2.75, 3.05) is 5.32 Å². The molecule has 15 heavy (non-hydrogen) atoms. The summed E-state index contributed by atoms with van der Waals surface area (Å²) in [6, 6.07) is 7.97. The highest BCUT2D eigenvalue weighted by Crippen LogP contribution is 2.20. The van der Waals surface area contributed by atoms with E-state index in [2.05, 4.69) is 21.6 Å². The smallest absolute Gasteiger partial charge is 0.202 e. The summed E-state index contributed by atoms with van der Waals surface area (Å²) in [4.78, 5) is 4.07. The van der Waals surface area contributed by atoms with Gasteiger partial charge in [0, 0.05) is 16.6 Å². The van der Waals surface area contributed by atoms with E-state index in [9.17, 15) is 0 Å². The predicted octanol–water partition coefficient (Wildman–Crippen LogP) is 3.36. The summed E-state index contributed by atoms with van der Waals surface area (Å²) in [6.45, 7) is 2.07. The highest BCUT2D eigenvalue weighted by molar-refractivity contribution is 7.09. The molecule has 2 rings (SSSR count). The number of hydrogen-bond acceptors (Lipinski definition) is 4. The van der Waals surface area contributed by atoms with Gasteiger partial charge in [-0.15, -0.1) is 0 Å². The van der Waals surface area contributed by atoms with Gasteiger partial charge in [-0.05, 0) is 24.6 Å². The minimum Gasteiger partial charge on any atom is -0.354 e. The maximum absolute atomic E-state index is 5.82. The molecule has 1 unspecified atom stereocenters. The summed E-state index contributed by atoms with van der Waals surface area (Å²) in [5, 5.41) is 4.84. The molecule has 0 saturated heterocycles. The third kappa shape index (κ3) is 2.67. The van der Waals surface area contributed by atoms with Gasteiger partial charge in [0.2, 0.25) is 5.13 Å². The molecule has 0 saturated carbocycles. The van der Waals surface area contributed by atoms with E-state index in [1.54, 1.807) is 6.33 Å². The van der Waals surface area contributed by atoms with Gasteiger partial charge in [-0.3, -0.25) is 0 Å². The zero-order valence-corrected chi connectivity index (χ0v) is 9.72. The van der Waals surface area contributed by atoms with Crippen molar-refractivity contribution in [1.29, 1.82) is 0 Å². The van der Waals surface area contributed by atoms with Gasteiger partial charge in [-0.25, -0.2) is 4.98 Å². The molecule has 0 fully saturated rings. The van der Waals surface area contributed by atoms with Crippen LogP contribution < -0.4 is 5.32 Å². The molecule has 1 heterocycles. The van der Waals surface area contributed by atoms with Crippen LogP contribution in [0.3, 0.4) is 0 Å². The number of nitrogens with one attached hydrogen (secondary N) is 1. The highest BCUT2D eigenvalue weighted by atomic mass is 35.5. The molecule has 1 aromatic heterocycles. The van der Waals surface area contributed by atoms with Gasteiger partial charge in [0.05, 0.1) is 6.04 Å². The molecule has 1 aromatic carbocycles. The van der Waals surface area contributed by atoms with Gasteiger partial charge in [0.1, 0.15) is 6.33 Å². The first-order valence-electron chi connectivity index (χ1n) is 4.54. The lowest BCUT2D eigenvalue weighted by atomic mass is 10.1. The minimum atomic E-state index is 0.204. The zero-order valence-electron chi connectivity index (χ0n) is 8.14. The van der Waals surface area contributed by atoms with E-state index in [-0.39, 0.29) is 6.04 Å². The van der Waals surface area contributed by atoms with Crippen LogP contribution >= 0.6 is 23.1 Å². The van der Waals surface area contributed by atoms with Crippen LogP contribution in [0.2, 0.25) is 5.02 Å². The van der Waals surface area contributed by atoms with Crippen molar-refractivity contribution in [3.8, 4) is 0 Å². The first kappa shape index (κ1) is 10.4. The number of nitrogens with zero attached hydrogens (tertiary/aromatic N) is 2. The van der Waals surface area contributed by atoms with E-state index in [0.29, 0.717) is 0 Å². The standard InChI is InChI=1S/C10H10ClN3S/c1-7(14-10-12-6-13-15-10)8-2-4-9(11)5-3-8/h2-7H,1H3,(H,12,13,14). The Labute approximate surface area is 97.3 Å². The van der Waals surface area contributed by atoms with E-state index in [1.807, 2.05) is 24.3 Å². The lowest BCUT2D eigenvalue weighted by Crippen LogP contribution is -2.05. The third-order valence-electron chi connectivity index (χ3n) is 2.07. The zero-order chi connectivity index (χ0) is 10.7. The monoisotopic (exact) mass is 239 g/mol. The van der Waals surface area contributed by atoms with E-state index in [0.717, 1.165) is 10.2 Å². The number of anilines is 1. The first-order valence-corrected chi connectivity index (χ1v) is 5.69. The Kier molecular flexibility index (Phi) is 3.18. The van der Waals surface area contributed by atoms with Crippen molar-refractivity contribution in [3.63, 3.8) is 0 Å². The van der Waals surface area contributed by atoms with Gasteiger partial charge in [-0.1, -0.05) is 23.7 Å². The van der Waals surface area contributed by atoms with Crippen molar-refractivity contribution in [1.82, 2.24) is 9.36 Å². The molecule has 2 aromatic rings. The molecule has 0 spiro atoms. The molecular formula is C10H10ClN3S. The molecule has 1 atom stereocenters. The number of rotatable bonds is 3. The van der Waals surface area contributed by atoms with Crippen LogP contribution in [0.1, 0.15) is 18.5 Å². The molecule has 0 aliphatic carbocycles. The van der Waals surface area contributed by atoms with Crippen LogP contribution in [-0.4, -0.2) is 9.36 Å². The average Bonchev–Trinajstić information content (AvgIpc) is 2.71. The molecule has 0 bridgehead atoms. The van der Waals surface area contributed by atoms with Crippen LogP contribution in [0.4, 0.5) is 5.13 Å². The van der Waals surface area contributed by atoms with Crippen molar-refractivity contribution < 1.29 is 0 Å². The Morgan fingerprint density at radius 2 is 2.07 bits per heavy atom. The quantitative estimate of drug-likeness (QED) is 0.893. The Hall–Kier alpha value is -1.13. The summed E-state index contributed by atoms with van der Waals surface area (Å²) in [5.41, 5.74) is 1.18. The van der Waals surface area contributed by atoms with Gasteiger partial charge >= 0.3 is 0 Å². The Morgan fingerprint density at radius 3 is 2.67 bits per heavy atom. The molecule has 5 heteroatoms. The van der Waals surface area contributed by atoms with Gasteiger partial charge in [0.15, 0.2) is 0 Å². The SMILES string of the molecule is CC(Nc1ncns1)c1ccc(Cl)cc1. The summed E-state index contributed by atoms with van der Waals surface area (Å²) in [7, 11) is 0. The largest absolute Gasteiger partial charge is 0.354 e. The molecule has 0 aliphatic rings. The summed E-state index contributed by atoms with van der Waals surface area (Å²) < 4.78 is 3.93. The fraction of sp³-hybridized carbons (Fsp3) is 0.200. The van der Waals surface area contributed by atoms with Crippen molar-refractivity contribution in [2.45, 2.75) is 13.0 Å². The highest BCUT2D eigenvalue weighted by Gasteiger charge is 2.06. The fourth-order valence-corrected chi connectivity index (χ4v) is 1.90. The molecule has 0 aliphatic heterocycles. The molecule has 3 nitrogen and oxygen atoms in total. The second-order valence-electron chi connectivity index (χ2n) is 3.16. The van der Waals surface area contributed by atoms with Crippen LogP contribution in [0.25, 0.3) is 0 Å². The Balaban J connectivity index is 2.08. The van der Waals surface area contributed by atoms with Gasteiger partial charge in [0.25, 0.3) is 0 Å². The van der Waals surface area contributed by atoms with E-state index in [4.69, 9.17) is 11.6 Å². The van der Waals surface area contributed by atoms with Crippen LogP contribution in [0, 0.1) is 0 Å². The number of aromatic nitrogens is 2. The van der Waals surface area contributed by atoms with Crippen LogP contribution in [0.5, 0.6) is 0 Å². The number of benzene rings is 1. The summed E-state index contributed by atoms with van der Waals surface area (Å²) in [6.07, 6.45) is 1.54. The second-order valence-corrected chi connectivity index (χ2v) is 4.38. The lowest BCUT2D eigenvalue weighted by molar-refractivity contribution is 0.881. The van der Waals surface area contributed by atoms with Crippen molar-refractivity contribution in [3.05, 3.63) is 41.2 Å². The Bertz CT molecular complexity index is 413. The number of halogens is 1. The van der Waals surface area contributed by atoms with E-state index in [1.165, 1.54) is 17.1 Å². The maximum atomic E-state index is 5.82. The van der Waals surface area contributed by atoms with Crippen LogP contribution in [0.15, 0.2) is 30.6 Å². The molecule has 0 radical (unpaired) electrons. The predicted molar refractivity (Wildman–Crippen MR) is 63.4 cm³/mol. The average molecular weight is 240 g/mol. The second kappa shape index (κ2) is 4.59. The maximum Gasteiger partial charge on any atom is 0.202 e. The van der Waals surface area contributed by atoms with Gasteiger partial charge < -0.3 is 5.32 Å². The molecule has 0 amide bonds. The normalized spacial score (nSPS) is 12.4. The first-order chi connectivity index (χ1) is 7.25. The van der Waals surface area contributed by atoms with E-state index < -0.39 is 0 Å². The summed E-state index contributed by atoms with van der Waals surface area (Å²) in [5.74, 6) is 0. The Morgan fingerprint density at radius 1 is 1.33 bits per heavy atom. The number of hydrogen-bond donors (Lipinski definition) is 1. The minimum absolute atomic E-state index is 0.204. The topological polar surface area (TPSA) is 37.8 Å². The lowest BCUT2D eigenvalue weighted by Gasteiger charge is -2.12.